The van der Waals surface area contributed by atoms with E-state index in [2.05, 4.69) is 45.2 Å². The third-order valence-electron chi connectivity index (χ3n) is 3.04. The molecule has 0 aromatic heterocycles. The molecule has 0 amide bonds. The predicted molar refractivity (Wildman–Crippen MR) is 117 cm³/mol. The summed E-state index contributed by atoms with van der Waals surface area (Å²) < 4.78 is 8.14. The second kappa shape index (κ2) is 8.56. The van der Waals surface area contributed by atoms with Crippen LogP contribution in [0.4, 0.5) is 0 Å². The number of rotatable bonds is 5. The van der Waals surface area contributed by atoms with Gasteiger partial charge in [0.25, 0.3) is 0 Å². The van der Waals surface area contributed by atoms with E-state index in [1.54, 1.807) is 12.1 Å². The fourth-order valence-electron chi connectivity index (χ4n) is 1.89. The molecule has 1 atom stereocenters. The summed E-state index contributed by atoms with van der Waals surface area (Å²) in [6.45, 7) is 0. The van der Waals surface area contributed by atoms with Crippen LogP contribution >= 0.6 is 79.4 Å². The summed E-state index contributed by atoms with van der Waals surface area (Å²) in [7, 11) is 0. The Labute approximate surface area is 184 Å². The van der Waals surface area contributed by atoms with Crippen molar-refractivity contribution in [2.45, 2.75) is 12.5 Å². The number of carboxylic acid groups (broad SMARTS) is 1. The van der Waals surface area contributed by atoms with Gasteiger partial charge in [-0.2, -0.15) is 0 Å². The molecule has 0 aliphatic rings. The summed E-state index contributed by atoms with van der Waals surface area (Å²) in [4.78, 5) is 10.9. The van der Waals surface area contributed by atoms with E-state index in [-0.39, 0.29) is 17.2 Å². The molecule has 0 radical (unpaired) electrons. The van der Waals surface area contributed by atoms with Crippen molar-refractivity contribution in [3.8, 4) is 17.2 Å². The number of carboxylic acids is 1. The first-order valence-corrected chi connectivity index (χ1v) is 10.1. The highest BCUT2D eigenvalue weighted by Gasteiger charge is 2.16. The highest BCUT2D eigenvalue weighted by Crippen LogP contribution is 2.38. The highest BCUT2D eigenvalue weighted by molar-refractivity contribution is 14.1. The third-order valence-corrected chi connectivity index (χ3v) is 5.75. The molecule has 2 aromatic carbocycles. The first-order valence-electron chi connectivity index (χ1n) is 6.51. The Balaban J connectivity index is 2.30. The van der Waals surface area contributed by atoms with Crippen molar-refractivity contribution >= 4 is 85.3 Å². The molecule has 0 saturated carbocycles. The lowest BCUT2D eigenvalue weighted by molar-refractivity contribution is -0.138. The Morgan fingerprint density at radius 3 is 2.25 bits per heavy atom. The van der Waals surface area contributed by atoms with Crippen molar-refractivity contribution < 1.29 is 19.7 Å². The van der Waals surface area contributed by atoms with Crippen LogP contribution in [0.3, 0.4) is 0 Å². The molecular formula is C15H11ClI3NO4. The number of carbonyl (C=O) groups is 1. The van der Waals surface area contributed by atoms with Gasteiger partial charge in [0.15, 0.2) is 5.75 Å². The number of benzene rings is 2. The quantitative estimate of drug-likeness (QED) is 0.401. The zero-order valence-electron chi connectivity index (χ0n) is 11.9. The van der Waals surface area contributed by atoms with Crippen LogP contribution in [-0.4, -0.2) is 22.2 Å². The summed E-state index contributed by atoms with van der Waals surface area (Å²) in [5.74, 6) is 0.134. The number of phenols is 1. The first kappa shape index (κ1) is 20.3. The first-order chi connectivity index (χ1) is 11.2. The van der Waals surface area contributed by atoms with Gasteiger partial charge < -0.3 is 20.7 Å². The Morgan fingerprint density at radius 2 is 1.75 bits per heavy atom. The fraction of sp³-hybridized carbons (Fsp3) is 0.133. The number of hydrogen-bond donors (Lipinski definition) is 3. The SMILES string of the molecule is NC(Cc1cc(I)c(Oc2cc(Cl)c(O)c(I)c2)c(I)c1)C(=O)O. The van der Waals surface area contributed by atoms with Crippen molar-refractivity contribution in [2.24, 2.45) is 5.73 Å². The lowest BCUT2D eigenvalue weighted by Gasteiger charge is -2.14. The second-order valence-electron chi connectivity index (χ2n) is 4.88. The summed E-state index contributed by atoms with van der Waals surface area (Å²) in [6, 6.07) is 5.96. The minimum Gasteiger partial charge on any atom is -0.505 e. The van der Waals surface area contributed by atoms with E-state index in [1.807, 2.05) is 34.7 Å². The van der Waals surface area contributed by atoms with E-state index in [4.69, 9.17) is 27.2 Å². The predicted octanol–water partition coefficient (Wildman–Crippen LogP) is 4.61. The van der Waals surface area contributed by atoms with Crippen LogP contribution < -0.4 is 10.5 Å². The van der Waals surface area contributed by atoms with Gasteiger partial charge in [0.1, 0.15) is 17.5 Å². The van der Waals surface area contributed by atoms with Crippen LogP contribution in [0.1, 0.15) is 5.56 Å². The summed E-state index contributed by atoms with van der Waals surface area (Å²) in [5, 5.41) is 18.8. The number of hydrogen-bond acceptors (Lipinski definition) is 4. The molecule has 0 saturated heterocycles. The van der Waals surface area contributed by atoms with E-state index < -0.39 is 12.0 Å². The standard InChI is InChI=1S/C15H11ClI3NO4/c16-8-4-7(5-9(17)13(8)21)24-14-10(18)1-6(2-11(14)19)3-12(20)15(22)23/h1-2,4-5,12,21H,3,20H2,(H,22,23). The lowest BCUT2D eigenvalue weighted by atomic mass is 10.1. The minimum atomic E-state index is -1.03. The minimum absolute atomic E-state index is 0.0204. The average Bonchev–Trinajstić information content (AvgIpc) is 2.48. The number of halogens is 4. The third kappa shape index (κ3) is 4.99. The lowest BCUT2D eigenvalue weighted by Crippen LogP contribution is -2.32. The van der Waals surface area contributed by atoms with Crippen molar-refractivity contribution in [3.63, 3.8) is 0 Å². The number of aliphatic carboxylic acids is 1. The molecule has 0 aliphatic carbocycles. The van der Waals surface area contributed by atoms with E-state index >= 15 is 0 Å². The normalized spacial score (nSPS) is 12.0. The van der Waals surface area contributed by atoms with E-state index in [9.17, 15) is 9.90 Å². The molecular weight excluding hydrogens is 674 g/mol. The Morgan fingerprint density at radius 1 is 1.17 bits per heavy atom. The van der Waals surface area contributed by atoms with Crippen molar-refractivity contribution in [1.82, 2.24) is 0 Å². The number of aromatic hydroxyl groups is 1. The summed E-state index contributed by atoms with van der Waals surface area (Å²) in [5.41, 5.74) is 6.41. The molecule has 9 heteroatoms. The molecule has 0 bridgehead atoms. The van der Waals surface area contributed by atoms with E-state index in [0.29, 0.717) is 15.1 Å². The second-order valence-corrected chi connectivity index (χ2v) is 8.77. The maximum absolute atomic E-state index is 10.9. The van der Waals surface area contributed by atoms with E-state index in [0.717, 1.165) is 12.7 Å². The van der Waals surface area contributed by atoms with Gasteiger partial charge in [0, 0.05) is 6.07 Å². The molecule has 0 aliphatic heterocycles. The molecule has 2 aromatic rings. The number of nitrogens with two attached hydrogens (primary N) is 1. The van der Waals surface area contributed by atoms with Gasteiger partial charge in [0.2, 0.25) is 0 Å². The van der Waals surface area contributed by atoms with Crippen molar-refractivity contribution in [1.29, 1.82) is 0 Å². The summed E-state index contributed by atoms with van der Waals surface area (Å²) >= 11 is 12.2. The molecule has 1 unspecified atom stereocenters. The van der Waals surface area contributed by atoms with Crippen LogP contribution in [0, 0.1) is 10.7 Å². The molecule has 4 N–H and O–H groups in total. The van der Waals surface area contributed by atoms with Crippen molar-refractivity contribution in [3.05, 3.63) is 45.6 Å². The van der Waals surface area contributed by atoms with Crippen LogP contribution in [-0.2, 0) is 11.2 Å². The van der Waals surface area contributed by atoms with Gasteiger partial charge >= 0.3 is 5.97 Å². The molecule has 0 fully saturated rings. The van der Waals surface area contributed by atoms with Crippen LogP contribution in [0.15, 0.2) is 24.3 Å². The Hall–Kier alpha value is -0.0500. The topological polar surface area (TPSA) is 92.8 Å². The molecule has 0 spiro atoms. The molecule has 0 heterocycles. The Kier molecular flexibility index (Phi) is 7.22. The summed E-state index contributed by atoms with van der Waals surface area (Å²) in [6.07, 6.45) is 0.241. The van der Waals surface area contributed by atoms with Gasteiger partial charge in [-0.1, -0.05) is 11.6 Å². The van der Waals surface area contributed by atoms with Crippen molar-refractivity contribution in [2.75, 3.05) is 0 Å². The average molecular weight is 685 g/mol. The highest BCUT2D eigenvalue weighted by atomic mass is 127. The molecule has 5 nitrogen and oxygen atoms in total. The number of ether oxygens (including phenoxy) is 1. The maximum Gasteiger partial charge on any atom is 0.320 e. The Bertz CT molecular complexity index is 754. The van der Waals surface area contributed by atoms with Crippen LogP contribution in [0.25, 0.3) is 0 Å². The van der Waals surface area contributed by atoms with E-state index in [1.165, 1.54) is 0 Å². The van der Waals surface area contributed by atoms with Gasteiger partial charge in [-0.25, -0.2) is 0 Å². The van der Waals surface area contributed by atoms with Gasteiger partial charge in [-0.3, -0.25) is 4.79 Å². The fourth-order valence-corrected chi connectivity index (χ4v) is 4.97. The zero-order valence-corrected chi connectivity index (χ0v) is 19.1. The zero-order chi connectivity index (χ0) is 18.0. The molecule has 24 heavy (non-hydrogen) atoms. The van der Waals surface area contributed by atoms with Gasteiger partial charge in [-0.05, 0) is 98.0 Å². The van der Waals surface area contributed by atoms with Gasteiger partial charge in [0.05, 0.1) is 15.7 Å². The number of phenolic OH excluding ortho intramolecular Hbond substituents is 1. The van der Waals surface area contributed by atoms with Gasteiger partial charge in [-0.15, -0.1) is 0 Å². The monoisotopic (exact) mass is 685 g/mol. The smallest absolute Gasteiger partial charge is 0.320 e. The van der Waals surface area contributed by atoms with Crippen LogP contribution in [0.2, 0.25) is 5.02 Å². The molecule has 2 rings (SSSR count). The van der Waals surface area contributed by atoms with Crippen LogP contribution in [0.5, 0.6) is 17.2 Å². The maximum atomic E-state index is 10.9. The molecule has 128 valence electrons. The largest absolute Gasteiger partial charge is 0.505 e.